The van der Waals surface area contributed by atoms with Gasteiger partial charge in [-0.3, -0.25) is 4.79 Å². The molecule has 16 heavy (non-hydrogen) atoms. The van der Waals surface area contributed by atoms with Crippen LogP contribution in [0.1, 0.15) is 5.56 Å². The Morgan fingerprint density at radius 2 is 2.19 bits per heavy atom. The topological polar surface area (TPSA) is 54.3 Å². The SMILES string of the molecule is CNCC(=O)NCc1coc2ccccc12. The number of hydrogen-bond donors (Lipinski definition) is 2. The highest BCUT2D eigenvalue weighted by Gasteiger charge is 2.05. The van der Waals surface area contributed by atoms with Gasteiger partial charge in [0.2, 0.25) is 5.91 Å². The van der Waals surface area contributed by atoms with E-state index < -0.39 is 0 Å². The van der Waals surface area contributed by atoms with Crippen molar-refractivity contribution < 1.29 is 9.21 Å². The molecule has 0 radical (unpaired) electrons. The van der Waals surface area contributed by atoms with Gasteiger partial charge in [-0.2, -0.15) is 0 Å². The van der Waals surface area contributed by atoms with Crippen molar-refractivity contribution in [1.29, 1.82) is 0 Å². The maximum atomic E-state index is 11.3. The first-order valence-corrected chi connectivity index (χ1v) is 5.17. The van der Waals surface area contributed by atoms with Crippen LogP contribution in [0.2, 0.25) is 0 Å². The average Bonchev–Trinajstić information content (AvgIpc) is 2.70. The number of hydrogen-bond acceptors (Lipinski definition) is 3. The van der Waals surface area contributed by atoms with Gasteiger partial charge in [-0.1, -0.05) is 18.2 Å². The summed E-state index contributed by atoms with van der Waals surface area (Å²) in [6, 6.07) is 7.78. The van der Waals surface area contributed by atoms with E-state index in [1.165, 1.54) is 0 Å². The van der Waals surface area contributed by atoms with Crippen molar-refractivity contribution in [3.05, 3.63) is 36.1 Å². The summed E-state index contributed by atoms with van der Waals surface area (Å²) < 4.78 is 5.37. The fourth-order valence-electron chi connectivity index (χ4n) is 1.59. The summed E-state index contributed by atoms with van der Waals surface area (Å²) in [6.45, 7) is 0.827. The molecule has 1 aromatic carbocycles. The third-order valence-electron chi connectivity index (χ3n) is 2.37. The summed E-state index contributed by atoms with van der Waals surface area (Å²) in [6.07, 6.45) is 1.68. The summed E-state index contributed by atoms with van der Waals surface area (Å²) in [5.41, 5.74) is 1.85. The van der Waals surface area contributed by atoms with E-state index in [0.717, 1.165) is 16.5 Å². The minimum atomic E-state index is -0.0206. The van der Waals surface area contributed by atoms with Gasteiger partial charge in [0.15, 0.2) is 0 Å². The zero-order chi connectivity index (χ0) is 11.4. The molecule has 2 rings (SSSR count). The number of nitrogens with one attached hydrogen (secondary N) is 2. The second kappa shape index (κ2) is 4.81. The molecule has 2 N–H and O–H groups in total. The molecule has 4 heteroatoms. The normalized spacial score (nSPS) is 10.6. The molecule has 2 aromatic rings. The molecule has 4 nitrogen and oxygen atoms in total. The number of carbonyl (C=O) groups excluding carboxylic acids is 1. The molecule has 0 unspecified atom stereocenters. The van der Waals surface area contributed by atoms with Gasteiger partial charge < -0.3 is 15.1 Å². The molecule has 84 valence electrons. The van der Waals surface area contributed by atoms with Crippen molar-refractivity contribution >= 4 is 16.9 Å². The summed E-state index contributed by atoms with van der Waals surface area (Å²) >= 11 is 0. The standard InChI is InChI=1S/C12H14N2O2/c1-13-7-12(15)14-6-9-8-16-11-5-3-2-4-10(9)11/h2-5,8,13H,6-7H2,1H3,(H,14,15). The van der Waals surface area contributed by atoms with E-state index in [0.29, 0.717) is 13.1 Å². The molecule has 1 heterocycles. The molecule has 0 atom stereocenters. The predicted molar refractivity (Wildman–Crippen MR) is 62.0 cm³/mol. The van der Waals surface area contributed by atoms with E-state index in [2.05, 4.69) is 10.6 Å². The fourth-order valence-corrected chi connectivity index (χ4v) is 1.59. The highest BCUT2D eigenvalue weighted by molar-refractivity contribution is 5.82. The van der Waals surface area contributed by atoms with Gasteiger partial charge in [0.1, 0.15) is 5.58 Å². The number of para-hydroxylation sites is 1. The lowest BCUT2D eigenvalue weighted by Gasteiger charge is -2.02. The van der Waals surface area contributed by atoms with E-state index in [4.69, 9.17) is 4.42 Å². The van der Waals surface area contributed by atoms with Crippen LogP contribution in [0.25, 0.3) is 11.0 Å². The largest absolute Gasteiger partial charge is 0.464 e. The lowest BCUT2D eigenvalue weighted by atomic mass is 10.2. The van der Waals surface area contributed by atoms with Gasteiger partial charge in [-0.05, 0) is 13.1 Å². The van der Waals surface area contributed by atoms with Crippen molar-refractivity contribution in [2.45, 2.75) is 6.54 Å². The number of benzene rings is 1. The van der Waals surface area contributed by atoms with Gasteiger partial charge in [0.05, 0.1) is 12.8 Å². The van der Waals surface area contributed by atoms with Crippen molar-refractivity contribution in [3.63, 3.8) is 0 Å². The first-order valence-electron chi connectivity index (χ1n) is 5.17. The minimum Gasteiger partial charge on any atom is -0.464 e. The Morgan fingerprint density at radius 3 is 3.00 bits per heavy atom. The van der Waals surface area contributed by atoms with Crippen molar-refractivity contribution in [2.24, 2.45) is 0 Å². The van der Waals surface area contributed by atoms with E-state index in [1.54, 1.807) is 13.3 Å². The van der Waals surface area contributed by atoms with E-state index in [-0.39, 0.29) is 5.91 Å². The highest BCUT2D eigenvalue weighted by atomic mass is 16.3. The zero-order valence-electron chi connectivity index (χ0n) is 9.12. The van der Waals surface area contributed by atoms with Crippen LogP contribution < -0.4 is 10.6 Å². The van der Waals surface area contributed by atoms with Gasteiger partial charge in [-0.25, -0.2) is 0 Å². The Labute approximate surface area is 93.6 Å². The van der Waals surface area contributed by atoms with Crippen LogP contribution in [0.15, 0.2) is 34.9 Å². The quantitative estimate of drug-likeness (QED) is 0.812. The molecule has 0 saturated heterocycles. The number of amides is 1. The molecular formula is C12H14N2O2. The Bertz CT molecular complexity index is 490. The predicted octanol–water partition coefficient (Wildman–Crippen LogP) is 1.27. The summed E-state index contributed by atoms with van der Waals surface area (Å²) in [4.78, 5) is 11.3. The maximum absolute atomic E-state index is 11.3. The lowest BCUT2D eigenvalue weighted by molar-refractivity contribution is -0.120. The van der Waals surface area contributed by atoms with Gasteiger partial charge in [-0.15, -0.1) is 0 Å². The highest BCUT2D eigenvalue weighted by Crippen LogP contribution is 2.20. The maximum Gasteiger partial charge on any atom is 0.234 e. The molecule has 1 aromatic heterocycles. The Hall–Kier alpha value is -1.81. The molecule has 0 fully saturated rings. The van der Waals surface area contributed by atoms with Crippen LogP contribution in [0, 0.1) is 0 Å². The molecule has 0 saturated carbocycles. The van der Waals surface area contributed by atoms with Gasteiger partial charge >= 0.3 is 0 Å². The molecular weight excluding hydrogens is 204 g/mol. The number of rotatable bonds is 4. The summed E-state index contributed by atoms with van der Waals surface area (Å²) in [5.74, 6) is -0.0206. The average molecular weight is 218 g/mol. The second-order valence-corrected chi connectivity index (χ2v) is 3.56. The monoisotopic (exact) mass is 218 g/mol. The second-order valence-electron chi connectivity index (χ2n) is 3.56. The van der Waals surface area contributed by atoms with Gasteiger partial charge in [0, 0.05) is 17.5 Å². The van der Waals surface area contributed by atoms with E-state index in [1.807, 2.05) is 24.3 Å². The van der Waals surface area contributed by atoms with Crippen LogP contribution in [-0.2, 0) is 11.3 Å². The van der Waals surface area contributed by atoms with Crippen LogP contribution in [0.4, 0.5) is 0 Å². The first-order chi connectivity index (χ1) is 7.81. The fraction of sp³-hybridized carbons (Fsp3) is 0.250. The zero-order valence-corrected chi connectivity index (χ0v) is 9.12. The summed E-state index contributed by atoms with van der Waals surface area (Å²) in [5, 5.41) is 6.66. The molecule has 1 amide bonds. The summed E-state index contributed by atoms with van der Waals surface area (Å²) in [7, 11) is 1.74. The van der Waals surface area contributed by atoms with Crippen LogP contribution in [0.3, 0.4) is 0 Å². The number of carbonyl (C=O) groups is 1. The third kappa shape index (κ3) is 2.23. The van der Waals surface area contributed by atoms with Crippen molar-refractivity contribution in [1.82, 2.24) is 10.6 Å². The molecule has 0 aliphatic heterocycles. The molecule has 0 spiro atoms. The molecule has 0 bridgehead atoms. The number of likely N-dealkylation sites (N-methyl/N-ethyl adjacent to an activating group) is 1. The number of furan rings is 1. The van der Waals surface area contributed by atoms with E-state index >= 15 is 0 Å². The smallest absolute Gasteiger partial charge is 0.234 e. The lowest BCUT2D eigenvalue weighted by Crippen LogP contribution is -2.31. The molecule has 0 aliphatic carbocycles. The first kappa shape index (κ1) is 10.7. The van der Waals surface area contributed by atoms with Crippen LogP contribution in [-0.4, -0.2) is 19.5 Å². The minimum absolute atomic E-state index is 0.0206. The van der Waals surface area contributed by atoms with Crippen molar-refractivity contribution in [2.75, 3.05) is 13.6 Å². The Kier molecular flexibility index (Phi) is 3.22. The van der Waals surface area contributed by atoms with Crippen molar-refractivity contribution in [3.8, 4) is 0 Å². The Morgan fingerprint density at radius 1 is 1.38 bits per heavy atom. The Balaban J connectivity index is 2.07. The number of fused-ring (bicyclic) bond motifs is 1. The van der Waals surface area contributed by atoms with Gasteiger partial charge in [0.25, 0.3) is 0 Å². The van der Waals surface area contributed by atoms with Crippen LogP contribution >= 0.6 is 0 Å². The molecule has 0 aliphatic rings. The van der Waals surface area contributed by atoms with E-state index in [9.17, 15) is 4.79 Å². The van der Waals surface area contributed by atoms with Crippen LogP contribution in [0.5, 0.6) is 0 Å². The third-order valence-corrected chi connectivity index (χ3v) is 2.37.